The summed E-state index contributed by atoms with van der Waals surface area (Å²) in [6.45, 7) is 7.50. The minimum atomic E-state index is -0.0862. The Kier molecular flexibility index (Phi) is 6.92. The zero-order chi connectivity index (χ0) is 35.8. The molecule has 6 aromatic carbocycles. The van der Waals surface area contributed by atoms with Crippen LogP contribution in [-0.2, 0) is 5.41 Å². The van der Waals surface area contributed by atoms with E-state index in [-0.39, 0.29) is 5.41 Å². The minimum absolute atomic E-state index is 0.0862. The molecule has 258 valence electrons. The molecule has 1 aliphatic rings. The lowest BCUT2D eigenvalue weighted by molar-refractivity contribution is 0.479. The molecule has 0 fully saturated rings. The number of aromatic nitrogens is 2. The molecule has 0 N–H and O–H groups in total. The molecular formula is C47H38N4O2. The van der Waals surface area contributed by atoms with Crippen molar-refractivity contribution in [3.63, 3.8) is 0 Å². The molecule has 0 spiro atoms. The summed E-state index contributed by atoms with van der Waals surface area (Å²) in [5.74, 6) is 2.35. The number of ether oxygens (including phenoxy) is 1. The molecule has 6 nitrogen and oxygen atoms in total. The summed E-state index contributed by atoms with van der Waals surface area (Å²) in [6.07, 6.45) is 1.92. The lowest BCUT2D eigenvalue weighted by Gasteiger charge is -2.25. The van der Waals surface area contributed by atoms with Crippen LogP contribution >= 0.6 is 0 Å². The van der Waals surface area contributed by atoms with Gasteiger partial charge in [0.2, 0.25) is 0 Å². The molecular weight excluding hydrogens is 653 g/mol. The molecule has 0 bridgehead atoms. The summed E-state index contributed by atoms with van der Waals surface area (Å²) in [7, 11) is 2.16. The van der Waals surface area contributed by atoms with Gasteiger partial charge in [-0.15, -0.1) is 0 Å². The van der Waals surface area contributed by atoms with E-state index in [2.05, 4.69) is 157 Å². The summed E-state index contributed by atoms with van der Waals surface area (Å²) in [6, 6.07) is 49.0. The number of furan rings is 1. The molecule has 10 rings (SSSR count). The van der Waals surface area contributed by atoms with Crippen LogP contribution in [0.25, 0.3) is 60.7 Å². The van der Waals surface area contributed by atoms with Gasteiger partial charge in [-0.1, -0.05) is 93.6 Å². The van der Waals surface area contributed by atoms with Gasteiger partial charge in [-0.25, -0.2) is 4.98 Å². The van der Waals surface area contributed by atoms with Gasteiger partial charge >= 0.3 is 0 Å². The highest BCUT2D eigenvalue weighted by molar-refractivity contribution is 6.10. The standard InChI is InChI=1S/C47H38N4O2/c1-47(2,3)32-23-33(50-29-49(4)43-22-31(18-21-41(43)50)30-12-6-5-7-13-30)25-35(24-32)52-34-19-20-37-36-14-8-10-16-40(36)51(42(37)26-34)46-27-45-39(28-48-46)38-15-9-11-17-44(38)53-45/h5-28H,29H2,1-4H3. The normalized spacial score (nSPS) is 13.1. The maximum absolute atomic E-state index is 6.82. The van der Waals surface area contributed by atoms with E-state index in [0.29, 0.717) is 0 Å². The summed E-state index contributed by atoms with van der Waals surface area (Å²) in [4.78, 5) is 9.68. The number of para-hydroxylation sites is 2. The van der Waals surface area contributed by atoms with Crippen molar-refractivity contribution in [1.82, 2.24) is 9.55 Å². The van der Waals surface area contributed by atoms with Gasteiger partial charge in [0.15, 0.2) is 0 Å². The molecule has 4 heterocycles. The van der Waals surface area contributed by atoms with Crippen LogP contribution in [-0.4, -0.2) is 23.3 Å². The maximum Gasteiger partial charge on any atom is 0.141 e. The second-order valence-corrected chi connectivity index (χ2v) is 15.1. The highest BCUT2D eigenvalue weighted by Gasteiger charge is 2.27. The average Bonchev–Trinajstić information content (AvgIpc) is 3.83. The smallest absolute Gasteiger partial charge is 0.141 e. The SMILES string of the molecule is CN1CN(c2cc(Oc3ccc4c5ccccc5n(-c5cc6oc7ccccc7c6cn5)c4c3)cc(C(C)(C)C)c2)c2ccc(-c3ccccc3)cc21. The van der Waals surface area contributed by atoms with Crippen LogP contribution in [0.5, 0.6) is 11.5 Å². The van der Waals surface area contributed by atoms with Crippen LogP contribution < -0.4 is 14.5 Å². The predicted octanol–water partition coefficient (Wildman–Crippen LogP) is 12.4. The Morgan fingerprint density at radius 3 is 2.23 bits per heavy atom. The van der Waals surface area contributed by atoms with Gasteiger partial charge in [-0.3, -0.25) is 4.57 Å². The Labute approximate surface area is 308 Å². The fraction of sp³-hybridized carbons (Fsp3) is 0.128. The number of fused-ring (bicyclic) bond motifs is 7. The monoisotopic (exact) mass is 690 g/mol. The summed E-state index contributed by atoms with van der Waals surface area (Å²) in [5.41, 5.74) is 10.8. The Bertz CT molecular complexity index is 2860. The Morgan fingerprint density at radius 2 is 1.38 bits per heavy atom. The van der Waals surface area contributed by atoms with E-state index in [1.807, 2.05) is 30.5 Å². The second-order valence-electron chi connectivity index (χ2n) is 15.1. The van der Waals surface area contributed by atoms with Crippen LogP contribution in [0.3, 0.4) is 0 Å². The summed E-state index contributed by atoms with van der Waals surface area (Å²) >= 11 is 0. The topological polar surface area (TPSA) is 46.7 Å². The van der Waals surface area contributed by atoms with Crippen molar-refractivity contribution in [3.8, 4) is 28.4 Å². The highest BCUT2D eigenvalue weighted by Crippen LogP contribution is 2.45. The fourth-order valence-corrected chi connectivity index (χ4v) is 7.81. The third-order valence-corrected chi connectivity index (χ3v) is 10.6. The van der Waals surface area contributed by atoms with Crippen LogP contribution in [0.1, 0.15) is 26.3 Å². The Balaban J connectivity index is 1.06. The molecule has 0 amide bonds. The van der Waals surface area contributed by atoms with Gasteiger partial charge in [0, 0.05) is 58.7 Å². The van der Waals surface area contributed by atoms with Gasteiger partial charge < -0.3 is 19.0 Å². The van der Waals surface area contributed by atoms with Crippen molar-refractivity contribution in [2.75, 3.05) is 23.5 Å². The van der Waals surface area contributed by atoms with Crippen molar-refractivity contribution >= 4 is 60.8 Å². The predicted molar refractivity (Wildman–Crippen MR) is 218 cm³/mol. The number of pyridine rings is 1. The molecule has 0 radical (unpaired) electrons. The van der Waals surface area contributed by atoms with Gasteiger partial charge in [-0.2, -0.15) is 0 Å². The van der Waals surface area contributed by atoms with E-state index in [1.54, 1.807) is 0 Å². The van der Waals surface area contributed by atoms with Gasteiger partial charge in [0.25, 0.3) is 0 Å². The first kappa shape index (κ1) is 31.2. The molecule has 0 saturated carbocycles. The van der Waals surface area contributed by atoms with Crippen LogP contribution in [0.4, 0.5) is 17.1 Å². The lowest BCUT2D eigenvalue weighted by atomic mass is 9.86. The van der Waals surface area contributed by atoms with E-state index in [1.165, 1.54) is 28.1 Å². The number of hydrogen-bond donors (Lipinski definition) is 0. The maximum atomic E-state index is 6.82. The minimum Gasteiger partial charge on any atom is -0.457 e. The summed E-state index contributed by atoms with van der Waals surface area (Å²) in [5, 5.41) is 4.37. The number of hydrogen-bond acceptors (Lipinski definition) is 5. The van der Waals surface area contributed by atoms with Gasteiger partial charge in [0.05, 0.1) is 29.1 Å². The molecule has 3 aromatic heterocycles. The van der Waals surface area contributed by atoms with Crippen molar-refractivity contribution in [3.05, 3.63) is 151 Å². The molecule has 6 heteroatoms. The highest BCUT2D eigenvalue weighted by atomic mass is 16.5. The lowest BCUT2D eigenvalue weighted by Crippen LogP contribution is -2.24. The van der Waals surface area contributed by atoms with Crippen LogP contribution in [0.2, 0.25) is 0 Å². The third kappa shape index (κ3) is 5.21. The Hall–Kier alpha value is -6.53. The van der Waals surface area contributed by atoms with Crippen molar-refractivity contribution in [1.29, 1.82) is 0 Å². The second kappa shape index (κ2) is 11.8. The molecule has 53 heavy (non-hydrogen) atoms. The molecule has 0 unspecified atom stereocenters. The zero-order valence-electron chi connectivity index (χ0n) is 30.2. The van der Waals surface area contributed by atoms with Crippen molar-refractivity contribution in [2.45, 2.75) is 26.2 Å². The van der Waals surface area contributed by atoms with Crippen molar-refractivity contribution in [2.24, 2.45) is 0 Å². The zero-order valence-corrected chi connectivity index (χ0v) is 30.2. The van der Waals surface area contributed by atoms with Crippen LogP contribution in [0, 0.1) is 0 Å². The Morgan fingerprint density at radius 1 is 0.604 bits per heavy atom. The average molecular weight is 691 g/mol. The van der Waals surface area contributed by atoms with Gasteiger partial charge in [-0.05, 0) is 70.6 Å². The van der Waals surface area contributed by atoms with E-state index in [0.717, 1.165) is 73.4 Å². The van der Waals surface area contributed by atoms with E-state index < -0.39 is 0 Å². The van der Waals surface area contributed by atoms with E-state index in [4.69, 9.17) is 14.1 Å². The van der Waals surface area contributed by atoms with Crippen molar-refractivity contribution < 1.29 is 9.15 Å². The molecule has 0 saturated heterocycles. The fourth-order valence-electron chi connectivity index (χ4n) is 7.81. The molecule has 1 aliphatic heterocycles. The number of nitrogens with zero attached hydrogens (tertiary/aromatic N) is 4. The molecule has 0 aliphatic carbocycles. The van der Waals surface area contributed by atoms with Gasteiger partial charge in [0.1, 0.15) is 28.5 Å². The van der Waals surface area contributed by atoms with E-state index >= 15 is 0 Å². The molecule has 9 aromatic rings. The quantitative estimate of drug-likeness (QED) is 0.180. The number of benzene rings is 6. The third-order valence-electron chi connectivity index (χ3n) is 10.6. The van der Waals surface area contributed by atoms with Crippen LogP contribution in [0.15, 0.2) is 150 Å². The first-order valence-electron chi connectivity index (χ1n) is 18.1. The first-order chi connectivity index (χ1) is 25.8. The summed E-state index contributed by atoms with van der Waals surface area (Å²) < 4.78 is 15.3. The largest absolute Gasteiger partial charge is 0.457 e. The number of anilines is 3. The number of rotatable bonds is 5. The molecule has 0 atom stereocenters. The first-order valence-corrected chi connectivity index (χ1v) is 18.1. The van der Waals surface area contributed by atoms with E-state index in [9.17, 15) is 0 Å².